The molecule has 8 heteroatoms. The molecule has 2 heterocycles. The molecule has 2 aliphatic heterocycles. The first-order valence-electron chi connectivity index (χ1n) is 14.4. The molecule has 2 aromatic carbocycles. The third kappa shape index (κ3) is 6.12. The molecule has 216 valence electrons. The Balaban J connectivity index is 1.75. The summed E-state index contributed by atoms with van der Waals surface area (Å²) in [5, 5.41) is 11.5. The summed E-state index contributed by atoms with van der Waals surface area (Å²) in [6.07, 6.45) is 3.40. The van der Waals surface area contributed by atoms with Gasteiger partial charge in [0.05, 0.1) is 25.3 Å². The number of carbonyl (C=O) groups is 2. The molecular weight excluding hydrogens is 508 g/mol. The first-order valence-corrected chi connectivity index (χ1v) is 14.4. The highest BCUT2D eigenvalue weighted by molar-refractivity contribution is 6.46. The van der Waals surface area contributed by atoms with Gasteiger partial charge in [0, 0.05) is 18.5 Å². The third-order valence-electron chi connectivity index (χ3n) is 7.74. The average molecular weight is 551 g/mol. The molecule has 0 radical (unpaired) electrons. The predicted molar refractivity (Wildman–Crippen MR) is 155 cm³/mol. The first kappa shape index (κ1) is 29.5. The number of aliphatic hydroxyl groups excluding tert-OH is 1. The Hall–Kier alpha value is -3.52. The lowest BCUT2D eigenvalue weighted by Gasteiger charge is -2.27. The van der Waals surface area contributed by atoms with Crippen LogP contribution < -0.4 is 14.2 Å². The predicted octanol–water partition coefficient (Wildman–Crippen LogP) is 5.35. The SMILES string of the molecule is CCCCOc1ccc([C@H]2C(=C(O)c3ccc4c(c3)C[C@H](C)O4)C(=O)C(=O)N2CCCN(CC)CC)cc1OC. The zero-order valence-corrected chi connectivity index (χ0v) is 24.4. The molecule has 1 amide bonds. The fourth-order valence-electron chi connectivity index (χ4n) is 5.49. The van der Waals surface area contributed by atoms with Crippen molar-refractivity contribution in [3.05, 3.63) is 58.7 Å². The van der Waals surface area contributed by atoms with Gasteiger partial charge < -0.3 is 29.1 Å². The van der Waals surface area contributed by atoms with Crippen molar-refractivity contribution in [2.24, 2.45) is 0 Å². The van der Waals surface area contributed by atoms with E-state index in [4.69, 9.17) is 14.2 Å². The largest absolute Gasteiger partial charge is 0.507 e. The van der Waals surface area contributed by atoms with E-state index in [0.717, 1.165) is 50.2 Å². The number of ether oxygens (including phenoxy) is 3. The maximum Gasteiger partial charge on any atom is 0.295 e. The maximum absolute atomic E-state index is 13.5. The highest BCUT2D eigenvalue weighted by Gasteiger charge is 2.46. The van der Waals surface area contributed by atoms with E-state index in [0.29, 0.717) is 42.2 Å². The molecule has 0 bridgehead atoms. The van der Waals surface area contributed by atoms with Crippen LogP contribution in [0.25, 0.3) is 5.76 Å². The van der Waals surface area contributed by atoms with Crippen LogP contribution in [-0.4, -0.2) is 72.6 Å². The van der Waals surface area contributed by atoms with Crippen molar-refractivity contribution >= 4 is 17.4 Å². The summed E-state index contributed by atoms with van der Waals surface area (Å²) in [6, 6.07) is 10.1. The lowest BCUT2D eigenvalue weighted by molar-refractivity contribution is -0.140. The molecule has 0 spiro atoms. The number of aliphatic hydroxyl groups is 1. The average Bonchev–Trinajstić information content (AvgIpc) is 3.46. The zero-order valence-electron chi connectivity index (χ0n) is 24.4. The number of nitrogens with zero attached hydrogens (tertiary/aromatic N) is 2. The molecule has 0 aromatic heterocycles. The lowest BCUT2D eigenvalue weighted by atomic mass is 9.94. The van der Waals surface area contributed by atoms with Crippen LogP contribution in [0.5, 0.6) is 17.2 Å². The number of benzene rings is 2. The molecule has 40 heavy (non-hydrogen) atoms. The van der Waals surface area contributed by atoms with Gasteiger partial charge in [-0.2, -0.15) is 0 Å². The summed E-state index contributed by atoms with van der Waals surface area (Å²) < 4.78 is 17.4. The topological polar surface area (TPSA) is 88.5 Å². The van der Waals surface area contributed by atoms with Crippen molar-refractivity contribution in [1.82, 2.24) is 9.80 Å². The van der Waals surface area contributed by atoms with Crippen LogP contribution in [0.15, 0.2) is 42.0 Å². The second kappa shape index (κ2) is 13.2. The Morgan fingerprint density at radius 3 is 2.55 bits per heavy atom. The minimum absolute atomic E-state index is 0.0503. The van der Waals surface area contributed by atoms with E-state index in [1.807, 2.05) is 31.2 Å². The van der Waals surface area contributed by atoms with Crippen molar-refractivity contribution < 1.29 is 28.9 Å². The minimum atomic E-state index is -0.751. The number of carbonyl (C=O) groups excluding carboxylic acids is 2. The van der Waals surface area contributed by atoms with Gasteiger partial charge in [-0.3, -0.25) is 9.59 Å². The van der Waals surface area contributed by atoms with Gasteiger partial charge in [-0.15, -0.1) is 0 Å². The quantitative estimate of drug-likeness (QED) is 0.156. The summed E-state index contributed by atoms with van der Waals surface area (Å²) in [4.78, 5) is 30.8. The molecular formula is C32H42N2O6. The highest BCUT2D eigenvalue weighted by Crippen LogP contribution is 2.43. The van der Waals surface area contributed by atoms with Crippen LogP contribution >= 0.6 is 0 Å². The van der Waals surface area contributed by atoms with Gasteiger partial charge in [0.15, 0.2) is 11.5 Å². The number of fused-ring (bicyclic) bond motifs is 1. The second-order valence-electron chi connectivity index (χ2n) is 10.4. The molecule has 1 N–H and O–H groups in total. The normalized spacial score (nSPS) is 19.7. The van der Waals surface area contributed by atoms with Crippen LogP contribution in [0.4, 0.5) is 0 Å². The molecule has 0 unspecified atom stereocenters. The zero-order chi connectivity index (χ0) is 28.8. The van der Waals surface area contributed by atoms with Gasteiger partial charge in [0.25, 0.3) is 11.7 Å². The number of hydrogen-bond donors (Lipinski definition) is 1. The Kier molecular flexibility index (Phi) is 9.74. The Morgan fingerprint density at radius 2 is 1.85 bits per heavy atom. The highest BCUT2D eigenvalue weighted by atomic mass is 16.5. The lowest BCUT2D eigenvalue weighted by Crippen LogP contribution is -2.33. The molecule has 2 aromatic rings. The Morgan fingerprint density at radius 1 is 1.07 bits per heavy atom. The number of Topliss-reactive ketones (excluding diaryl/α,β-unsaturated/α-hetero) is 1. The number of rotatable bonds is 13. The van der Waals surface area contributed by atoms with Crippen molar-refractivity contribution in [3.8, 4) is 17.2 Å². The van der Waals surface area contributed by atoms with Crippen molar-refractivity contribution in [3.63, 3.8) is 0 Å². The van der Waals surface area contributed by atoms with E-state index in [1.54, 1.807) is 24.1 Å². The molecule has 0 aliphatic carbocycles. The fraction of sp³-hybridized carbons (Fsp3) is 0.500. The van der Waals surface area contributed by atoms with Crippen molar-refractivity contribution in [2.45, 2.75) is 65.5 Å². The summed E-state index contributed by atoms with van der Waals surface area (Å²) in [5.74, 6) is 0.432. The van der Waals surface area contributed by atoms with E-state index in [2.05, 4.69) is 25.7 Å². The van der Waals surface area contributed by atoms with Gasteiger partial charge >= 0.3 is 0 Å². The van der Waals surface area contributed by atoms with Gasteiger partial charge in [-0.25, -0.2) is 0 Å². The number of hydrogen-bond acceptors (Lipinski definition) is 7. The first-order chi connectivity index (χ1) is 19.3. The number of likely N-dealkylation sites (tertiary alicyclic amines) is 1. The Bertz CT molecular complexity index is 1250. The molecule has 8 nitrogen and oxygen atoms in total. The van der Waals surface area contributed by atoms with E-state index in [9.17, 15) is 14.7 Å². The van der Waals surface area contributed by atoms with E-state index < -0.39 is 17.7 Å². The van der Waals surface area contributed by atoms with Crippen LogP contribution in [0.2, 0.25) is 0 Å². The molecule has 1 fully saturated rings. The van der Waals surface area contributed by atoms with E-state index in [-0.39, 0.29) is 17.4 Å². The number of unbranched alkanes of at least 4 members (excludes halogenated alkanes) is 1. The Labute approximate surface area is 237 Å². The van der Waals surface area contributed by atoms with Gasteiger partial charge in [0.1, 0.15) is 17.6 Å². The van der Waals surface area contributed by atoms with Crippen molar-refractivity contribution in [2.75, 3.05) is 39.9 Å². The number of amides is 1. The molecule has 1 saturated heterocycles. The standard InChI is InChI=1S/C32H42N2O6/c1-6-9-17-39-26-14-11-22(20-27(26)38-5)29-28(30(35)23-12-13-25-24(19-23)18-21(4)40-25)31(36)32(37)34(29)16-10-15-33(7-2)8-3/h11-14,19-21,29,35H,6-10,15-18H2,1-5H3/t21-,29-/m0/s1. The summed E-state index contributed by atoms with van der Waals surface area (Å²) in [5.41, 5.74) is 2.23. The van der Waals surface area contributed by atoms with Crippen LogP contribution in [0.1, 0.15) is 69.7 Å². The fourth-order valence-corrected chi connectivity index (χ4v) is 5.49. The van der Waals surface area contributed by atoms with Crippen LogP contribution in [0.3, 0.4) is 0 Å². The smallest absolute Gasteiger partial charge is 0.295 e. The summed E-state index contributed by atoms with van der Waals surface area (Å²) in [6.45, 7) is 11.9. The van der Waals surface area contributed by atoms with E-state index >= 15 is 0 Å². The number of ketones is 1. The van der Waals surface area contributed by atoms with Crippen LogP contribution in [-0.2, 0) is 16.0 Å². The van der Waals surface area contributed by atoms with Crippen molar-refractivity contribution in [1.29, 1.82) is 0 Å². The summed E-state index contributed by atoms with van der Waals surface area (Å²) >= 11 is 0. The van der Waals surface area contributed by atoms with Gasteiger partial charge in [-0.05, 0) is 80.9 Å². The van der Waals surface area contributed by atoms with Gasteiger partial charge in [0.2, 0.25) is 0 Å². The molecule has 2 atom stereocenters. The van der Waals surface area contributed by atoms with Crippen LogP contribution in [0, 0.1) is 0 Å². The molecule has 0 saturated carbocycles. The number of methoxy groups -OCH3 is 1. The molecule has 2 aliphatic rings. The van der Waals surface area contributed by atoms with E-state index in [1.165, 1.54) is 0 Å². The van der Waals surface area contributed by atoms with Gasteiger partial charge in [-0.1, -0.05) is 33.3 Å². The maximum atomic E-state index is 13.5. The monoisotopic (exact) mass is 550 g/mol. The second-order valence-corrected chi connectivity index (χ2v) is 10.4. The minimum Gasteiger partial charge on any atom is -0.507 e. The third-order valence-corrected chi connectivity index (χ3v) is 7.74. The molecule has 4 rings (SSSR count). The summed E-state index contributed by atoms with van der Waals surface area (Å²) in [7, 11) is 1.57.